The van der Waals surface area contributed by atoms with Gasteiger partial charge in [-0.1, -0.05) is 19.1 Å². The van der Waals surface area contributed by atoms with Gasteiger partial charge in [-0.2, -0.15) is 0 Å². The molecule has 8 heteroatoms. The minimum Gasteiger partial charge on any atom is -0.493 e. The van der Waals surface area contributed by atoms with E-state index in [1.54, 1.807) is 0 Å². The third-order valence-electron chi connectivity index (χ3n) is 2.93. The third-order valence-corrected chi connectivity index (χ3v) is 2.93. The number of hydrogen-bond acceptors (Lipinski definition) is 6. The first-order valence-electron chi connectivity index (χ1n) is 6.85. The molecule has 0 unspecified atom stereocenters. The number of rotatable bonds is 5. The van der Waals surface area contributed by atoms with Crippen LogP contribution in [0.5, 0.6) is 5.75 Å². The second-order valence-electron chi connectivity index (χ2n) is 4.57. The van der Waals surface area contributed by atoms with Crippen molar-refractivity contribution in [3.8, 4) is 28.7 Å². The summed E-state index contributed by atoms with van der Waals surface area (Å²) < 4.78 is 5.70. The summed E-state index contributed by atoms with van der Waals surface area (Å²) in [5.74, 6) is 1.41. The second-order valence-corrected chi connectivity index (χ2v) is 4.57. The third kappa shape index (κ3) is 2.85. The minimum atomic E-state index is -0.290. The van der Waals surface area contributed by atoms with Crippen LogP contribution in [0.15, 0.2) is 35.1 Å². The Morgan fingerprint density at radius 1 is 1.23 bits per heavy atom. The number of ether oxygens (including phenoxy) is 1. The lowest BCUT2D eigenvalue weighted by molar-refractivity contribution is 0.318. The van der Waals surface area contributed by atoms with E-state index in [0.29, 0.717) is 35.3 Å². The van der Waals surface area contributed by atoms with Crippen molar-refractivity contribution in [3.63, 3.8) is 0 Å². The van der Waals surface area contributed by atoms with Gasteiger partial charge in [0, 0.05) is 6.07 Å². The fourth-order valence-electron chi connectivity index (χ4n) is 1.97. The molecule has 0 fully saturated rings. The monoisotopic (exact) mass is 298 g/mol. The lowest BCUT2D eigenvalue weighted by Crippen LogP contribution is -2.10. The Hall–Kier alpha value is -3.03. The standard InChI is InChI=1S/C14H14N6O2/c1-2-7-22-11-6-4-3-5-9(11)13-15-10(8-12(21)16-13)14-17-19-20-18-14/h3-6,8H,2,7H2,1H3,(H,15,16,21)(H,17,18,19,20). The Balaban J connectivity index is 2.07. The average molecular weight is 298 g/mol. The van der Waals surface area contributed by atoms with Gasteiger partial charge in [0.1, 0.15) is 17.3 Å². The quantitative estimate of drug-likeness (QED) is 0.737. The summed E-state index contributed by atoms with van der Waals surface area (Å²) in [5, 5.41) is 13.3. The van der Waals surface area contributed by atoms with E-state index in [0.717, 1.165) is 6.42 Å². The summed E-state index contributed by atoms with van der Waals surface area (Å²) >= 11 is 0. The van der Waals surface area contributed by atoms with Crippen molar-refractivity contribution in [1.82, 2.24) is 30.6 Å². The van der Waals surface area contributed by atoms with Crippen LogP contribution in [0.4, 0.5) is 0 Å². The largest absolute Gasteiger partial charge is 0.493 e. The number of benzene rings is 1. The van der Waals surface area contributed by atoms with Crippen LogP contribution in [0.2, 0.25) is 0 Å². The molecule has 0 atom stereocenters. The molecule has 0 amide bonds. The number of aromatic amines is 2. The van der Waals surface area contributed by atoms with Crippen LogP contribution in [-0.2, 0) is 0 Å². The molecule has 2 aromatic heterocycles. The minimum absolute atomic E-state index is 0.290. The van der Waals surface area contributed by atoms with Gasteiger partial charge in [0.25, 0.3) is 5.56 Å². The number of aromatic nitrogens is 6. The maximum absolute atomic E-state index is 11.9. The van der Waals surface area contributed by atoms with Crippen LogP contribution in [-0.4, -0.2) is 37.2 Å². The number of nitrogens with one attached hydrogen (secondary N) is 2. The number of hydrogen-bond donors (Lipinski definition) is 2. The molecule has 2 heterocycles. The molecule has 0 aliphatic carbocycles. The maximum Gasteiger partial charge on any atom is 0.251 e. The first-order chi connectivity index (χ1) is 10.8. The molecule has 3 rings (SSSR count). The predicted octanol–water partition coefficient (Wildman–Crippen LogP) is 1.41. The van der Waals surface area contributed by atoms with Crippen LogP contribution < -0.4 is 10.3 Å². The Bertz CT molecular complexity index is 812. The molecule has 0 spiro atoms. The summed E-state index contributed by atoms with van der Waals surface area (Å²) in [7, 11) is 0. The molecule has 2 N–H and O–H groups in total. The summed E-state index contributed by atoms with van der Waals surface area (Å²) in [6, 6.07) is 8.74. The summed E-state index contributed by atoms with van der Waals surface area (Å²) in [6.45, 7) is 2.62. The molecule has 0 saturated carbocycles. The van der Waals surface area contributed by atoms with E-state index in [2.05, 4.69) is 30.6 Å². The number of tetrazole rings is 1. The van der Waals surface area contributed by atoms with Gasteiger partial charge in [-0.15, -0.1) is 5.10 Å². The summed E-state index contributed by atoms with van der Waals surface area (Å²) in [5.41, 5.74) is 0.790. The fraction of sp³-hybridized carbons (Fsp3) is 0.214. The molecule has 0 saturated heterocycles. The van der Waals surface area contributed by atoms with Gasteiger partial charge in [-0.05, 0) is 29.0 Å². The number of para-hydroxylation sites is 1. The zero-order valence-electron chi connectivity index (χ0n) is 11.9. The lowest BCUT2D eigenvalue weighted by Gasteiger charge is -2.10. The van der Waals surface area contributed by atoms with Gasteiger partial charge >= 0.3 is 0 Å². The van der Waals surface area contributed by atoms with E-state index in [1.807, 2.05) is 31.2 Å². The SMILES string of the molecule is CCCOc1ccccc1-c1nc(-c2nnn[nH]2)cc(=O)[nH]1. The van der Waals surface area contributed by atoms with Crippen molar-refractivity contribution < 1.29 is 4.74 Å². The van der Waals surface area contributed by atoms with Crippen molar-refractivity contribution in [1.29, 1.82) is 0 Å². The maximum atomic E-state index is 11.9. The zero-order chi connectivity index (χ0) is 15.4. The molecule has 1 aromatic carbocycles. The van der Waals surface area contributed by atoms with Gasteiger partial charge in [-0.3, -0.25) is 4.79 Å². The molecule has 0 aliphatic rings. The van der Waals surface area contributed by atoms with Gasteiger partial charge in [0.05, 0.1) is 12.2 Å². The van der Waals surface area contributed by atoms with Gasteiger partial charge < -0.3 is 9.72 Å². The van der Waals surface area contributed by atoms with E-state index in [1.165, 1.54) is 6.07 Å². The average Bonchev–Trinajstić information content (AvgIpc) is 3.07. The Labute approximate surface area is 125 Å². The smallest absolute Gasteiger partial charge is 0.251 e. The normalized spacial score (nSPS) is 10.6. The molecule has 0 radical (unpaired) electrons. The predicted molar refractivity (Wildman–Crippen MR) is 79.3 cm³/mol. The van der Waals surface area contributed by atoms with Crippen molar-refractivity contribution in [2.75, 3.05) is 6.61 Å². The van der Waals surface area contributed by atoms with E-state index in [-0.39, 0.29) is 5.56 Å². The molecule has 3 aromatic rings. The molecule has 8 nitrogen and oxygen atoms in total. The summed E-state index contributed by atoms with van der Waals surface area (Å²) in [4.78, 5) is 19.0. The van der Waals surface area contributed by atoms with Crippen molar-refractivity contribution in [3.05, 3.63) is 40.7 Å². The summed E-state index contributed by atoms with van der Waals surface area (Å²) in [6.07, 6.45) is 0.891. The highest BCUT2D eigenvalue weighted by Crippen LogP contribution is 2.27. The molecule has 22 heavy (non-hydrogen) atoms. The first kappa shape index (κ1) is 13.9. The molecular formula is C14H14N6O2. The van der Waals surface area contributed by atoms with Gasteiger partial charge in [0.2, 0.25) is 0 Å². The fourth-order valence-corrected chi connectivity index (χ4v) is 1.97. The number of H-pyrrole nitrogens is 2. The van der Waals surface area contributed by atoms with E-state index >= 15 is 0 Å². The highest BCUT2D eigenvalue weighted by Gasteiger charge is 2.12. The Morgan fingerprint density at radius 3 is 2.86 bits per heavy atom. The van der Waals surface area contributed by atoms with Crippen LogP contribution >= 0.6 is 0 Å². The van der Waals surface area contributed by atoms with Crippen LogP contribution in [0.1, 0.15) is 13.3 Å². The van der Waals surface area contributed by atoms with Crippen LogP contribution in [0.25, 0.3) is 22.9 Å². The molecule has 0 bridgehead atoms. The number of nitrogens with zero attached hydrogens (tertiary/aromatic N) is 4. The Kier molecular flexibility index (Phi) is 3.90. The van der Waals surface area contributed by atoms with Crippen LogP contribution in [0, 0.1) is 0 Å². The van der Waals surface area contributed by atoms with Crippen molar-refractivity contribution >= 4 is 0 Å². The highest BCUT2D eigenvalue weighted by molar-refractivity contribution is 5.65. The molecule has 0 aliphatic heterocycles. The van der Waals surface area contributed by atoms with Crippen molar-refractivity contribution in [2.24, 2.45) is 0 Å². The zero-order valence-corrected chi connectivity index (χ0v) is 11.9. The topological polar surface area (TPSA) is 109 Å². The van der Waals surface area contributed by atoms with Gasteiger partial charge in [0.15, 0.2) is 5.82 Å². The van der Waals surface area contributed by atoms with E-state index in [9.17, 15) is 4.79 Å². The first-order valence-corrected chi connectivity index (χ1v) is 6.85. The van der Waals surface area contributed by atoms with Crippen molar-refractivity contribution in [2.45, 2.75) is 13.3 Å². The second kappa shape index (κ2) is 6.17. The van der Waals surface area contributed by atoms with E-state index < -0.39 is 0 Å². The van der Waals surface area contributed by atoms with E-state index in [4.69, 9.17) is 4.74 Å². The lowest BCUT2D eigenvalue weighted by atomic mass is 10.2. The molecule has 112 valence electrons. The highest BCUT2D eigenvalue weighted by atomic mass is 16.5. The van der Waals surface area contributed by atoms with Gasteiger partial charge in [-0.25, -0.2) is 10.1 Å². The molecular weight excluding hydrogens is 284 g/mol. The van der Waals surface area contributed by atoms with Crippen LogP contribution in [0.3, 0.4) is 0 Å². The Morgan fingerprint density at radius 2 is 2.09 bits per heavy atom.